The molecule has 0 saturated heterocycles. The SMILES string of the molecule is C=C(OCC(F)(P)C(F)(F)F)N(C)C=O. The van der Waals surface area contributed by atoms with Crippen molar-refractivity contribution in [1.82, 2.24) is 4.90 Å². The van der Waals surface area contributed by atoms with Crippen LogP contribution in [0.3, 0.4) is 0 Å². The number of amides is 1. The number of carbonyl (C=O) groups is 1. The molecule has 0 fully saturated rings. The first kappa shape index (κ1) is 14.2. The Kier molecular flexibility index (Phi) is 4.52. The van der Waals surface area contributed by atoms with Crippen LogP contribution in [0.5, 0.6) is 0 Å². The minimum atomic E-state index is -5.06. The first-order valence-electron chi connectivity index (χ1n) is 3.66. The van der Waals surface area contributed by atoms with Crippen LogP contribution in [0.2, 0.25) is 0 Å². The maximum Gasteiger partial charge on any atom is 0.429 e. The van der Waals surface area contributed by atoms with Gasteiger partial charge in [0.05, 0.1) is 0 Å². The van der Waals surface area contributed by atoms with E-state index in [4.69, 9.17) is 0 Å². The molecule has 0 rings (SSSR count). The lowest BCUT2D eigenvalue weighted by atomic mass is 10.4. The Labute approximate surface area is 86.3 Å². The minimum absolute atomic E-state index is 0.276. The van der Waals surface area contributed by atoms with E-state index in [9.17, 15) is 22.4 Å². The molecule has 0 spiro atoms. The molecular formula is C7H10F4NO2P. The van der Waals surface area contributed by atoms with Crippen molar-refractivity contribution in [1.29, 1.82) is 0 Å². The predicted molar refractivity (Wildman–Crippen MR) is 48.5 cm³/mol. The van der Waals surface area contributed by atoms with E-state index < -0.39 is 18.2 Å². The van der Waals surface area contributed by atoms with Gasteiger partial charge in [-0.25, -0.2) is 4.39 Å². The largest absolute Gasteiger partial charge is 0.475 e. The maximum absolute atomic E-state index is 12.9. The number of hydrogen-bond acceptors (Lipinski definition) is 2. The van der Waals surface area contributed by atoms with Crippen molar-refractivity contribution in [2.75, 3.05) is 13.7 Å². The summed E-state index contributed by atoms with van der Waals surface area (Å²) in [5, 5.41) is -3.56. The smallest absolute Gasteiger partial charge is 0.429 e. The van der Waals surface area contributed by atoms with Gasteiger partial charge in [-0.05, 0) is 6.58 Å². The summed E-state index contributed by atoms with van der Waals surface area (Å²) in [7, 11) is 2.22. The highest BCUT2D eigenvalue weighted by Gasteiger charge is 2.53. The normalized spacial score (nSPS) is 15.3. The van der Waals surface area contributed by atoms with Crippen LogP contribution < -0.4 is 0 Å². The Bertz CT molecular complexity index is 254. The highest BCUT2D eigenvalue weighted by Crippen LogP contribution is 2.39. The Hall–Kier alpha value is -0.840. The molecule has 0 aliphatic heterocycles. The van der Waals surface area contributed by atoms with Crippen LogP contribution in [-0.2, 0) is 9.53 Å². The maximum atomic E-state index is 12.9. The second kappa shape index (κ2) is 4.79. The van der Waals surface area contributed by atoms with Crippen molar-refractivity contribution in [3.63, 3.8) is 0 Å². The lowest BCUT2D eigenvalue weighted by molar-refractivity contribution is -0.207. The van der Waals surface area contributed by atoms with Crippen LogP contribution in [0.25, 0.3) is 0 Å². The van der Waals surface area contributed by atoms with E-state index in [2.05, 4.69) is 11.3 Å². The number of carbonyl (C=O) groups excluding carboxylic acids is 1. The zero-order valence-electron chi connectivity index (χ0n) is 7.84. The molecule has 3 nitrogen and oxygen atoms in total. The first-order chi connectivity index (χ1) is 6.62. The van der Waals surface area contributed by atoms with Crippen molar-refractivity contribution < 1.29 is 27.1 Å². The van der Waals surface area contributed by atoms with Crippen LogP contribution in [0.4, 0.5) is 17.6 Å². The summed E-state index contributed by atoms with van der Waals surface area (Å²) in [6.07, 6.45) is -4.78. The van der Waals surface area contributed by atoms with Crippen LogP contribution in [-0.4, -0.2) is 36.6 Å². The van der Waals surface area contributed by atoms with E-state index in [0.29, 0.717) is 0 Å². The molecule has 0 radical (unpaired) electrons. The molecule has 2 unspecified atom stereocenters. The minimum Gasteiger partial charge on any atom is -0.475 e. The van der Waals surface area contributed by atoms with Crippen molar-refractivity contribution in [2.45, 2.75) is 11.6 Å². The second-order valence-electron chi connectivity index (χ2n) is 2.76. The number of hydrogen-bond donors (Lipinski definition) is 0. The summed E-state index contributed by atoms with van der Waals surface area (Å²) < 4.78 is 53.2. The van der Waals surface area contributed by atoms with E-state index in [-0.39, 0.29) is 12.3 Å². The number of ether oxygens (including phenoxy) is 1. The molecule has 0 N–H and O–H groups in total. The van der Waals surface area contributed by atoms with Crippen molar-refractivity contribution in [2.24, 2.45) is 0 Å². The summed E-state index contributed by atoms with van der Waals surface area (Å²) in [6.45, 7) is 1.86. The quantitative estimate of drug-likeness (QED) is 0.320. The van der Waals surface area contributed by atoms with Gasteiger partial charge in [0.25, 0.3) is 5.41 Å². The molecule has 0 aliphatic rings. The fraction of sp³-hybridized carbons (Fsp3) is 0.571. The van der Waals surface area contributed by atoms with Crippen molar-refractivity contribution in [3.8, 4) is 0 Å². The highest BCUT2D eigenvalue weighted by atomic mass is 31.0. The fourth-order valence-corrected chi connectivity index (χ4v) is 0.514. The number of halogens is 4. The number of nitrogens with zero attached hydrogens (tertiary/aromatic N) is 1. The molecule has 0 heterocycles. The van der Waals surface area contributed by atoms with Gasteiger partial charge < -0.3 is 4.74 Å². The number of rotatable bonds is 5. The standard InChI is InChI=1S/C7H10F4NO2P/c1-5(12(2)4-13)14-3-6(8,15)7(9,10)11/h4H,1,3,15H2,2H3. The zero-order chi connectivity index (χ0) is 12.3. The van der Waals surface area contributed by atoms with Gasteiger partial charge in [0, 0.05) is 7.05 Å². The molecule has 0 bridgehead atoms. The van der Waals surface area contributed by atoms with Gasteiger partial charge in [-0.15, -0.1) is 0 Å². The van der Waals surface area contributed by atoms with Crippen LogP contribution in [0, 0.1) is 0 Å². The van der Waals surface area contributed by atoms with Crippen LogP contribution in [0.1, 0.15) is 0 Å². The van der Waals surface area contributed by atoms with Gasteiger partial charge in [0.15, 0.2) is 5.88 Å². The van der Waals surface area contributed by atoms with Gasteiger partial charge in [0.2, 0.25) is 6.41 Å². The third kappa shape index (κ3) is 4.03. The summed E-state index contributed by atoms with van der Waals surface area (Å²) in [4.78, 5) is 10.9. The van der Waals surface area contributed by atoms with E-state index in [1.807, 2.05) is 0 Å². The third-order valence-corrected chi connectivity index (χ3v) is 1.97. The van der Waals surface area contributed by atoms with Crippen LogP contribution >= 0.6 is 9.24 Å². The molecule has 15 heavy (non-hydrogen) atoms. The molecule has 0 aromatic carbocycles. The molecule has 0 aromatic rings. The molecule has 88 valence electrons. The van der Waals surface area contributed by atoms with Crippen molar-refractivity contribution in [3.05, 3.63) is 12.5 Å². The van der Waals surface area contributed by atoms with E-state index >= 15 is 0 Å². The zero-order valence-corrected chi connectivity index (χ0v) is 9.00. The molecule has 0 aliphatic carbocycles. The van der Waals surface area contributed by atoms with E-state index in [0.717, 1.165) is 14.1 Å². The Morgan fingerprint density at radius 3 is 2.33 bits per heavy atom. The van der Waals surface area contributed by atoms with Crippen LogP contribution in [0.15, 0.2) is 12.5 Å². The lowest BCUT2D eigenvalue weighted by Gasteiger charge is -2.25. The fourth-order valence-electron chi connectivity index (χ4n) is 0.431. The topological polar surface area (TPSA) is 29.5 Å². The molecule has 8 heteroatoms. The summed E-state index contributed by atoms with van der Waals surface area (Å²) in [6, 6.07) is 0. The number of alkyl halides is 4. The third-order valence-electron chi connectivity index (χ3n) is 1.47. The average Bonchev–Trinajstić information content (AvgIpc) is 2.11. The Morgan fingerprint density at radius 2 is 2.00 bits per heavy atom. The van der Waals surface area contributed by atoms with Gasteiger partial charge >= 0.3 is 6.18 Å². The Morgan fingerprint density at radius 1 is 1.53 bits per heavy atom. The highest BCUT2D eigenvalue weighted by molar-refractivity contribution is 7.18. The summed E-state index contributed by atoms with van der Waals surface area (Å²) >= 11 is 0. The van der Waals surface area contributed by atoms with Gasteiger partial charge in [-0.3, -0.25) is 9.69 Å². The molecule has 0 aromatic heterocycles. The lowest BCUT2D eigenvalue weighted by Crippen LogP contribution is -2.39. The van der Waals surface area contributed by atoms with E-state index in [1.54, 1.807) is 0 Å². The van der Waals surface area contributed by atoms with Gasteiger partial charge in [-0.2, -0.15) is 13.2 Å². The Balaban J connectivity index is 4.28. The average molecular weight is 247 g/mol. The first-order valence-corrected chi connectivity index (χ1v) is 4.24. The summed E-state index contributed by atoms with van der Waals surface area (Å²) in [5.74, 6) is -0.362. The molecule has 2 atom stereocenters. The van der Waals surface area contributed by atoms with Gasteiger partial charge in [0.1, 0.15) is 6.61 Å². The second-order valence-corrected chi connectivity index (χ2v) is 3.67. The molecule has 1 amide bonds. The monoisotopic (exact) mass is 247 g/mol. The summed E-state index contributed by atoms with van der Waals surface area (Å²) in [5.41, 5.74) is 0. The van der Waals surface area contributed by atoms with Crippen molar-refractivity contribution >= 4 is 15.6 Å². The molecule has 0 saturated carbocycles. The van der Waals surface area contributed by atoms with E-state index in [1.165, 1.54) is 7.05 Å². The molecular weight excluding hydrogens is 237 g/mol. The predicted octanol–water partition coefficient (Wildman–Crippen LogP) is 1.67. The van der Waals surface area contributed by atoms with Gasteiger partial charge in [-0.1, -0.05) is 9.24 Å².